The number of non-ortho nitro benzene ring substituents is 2. The number of hydrogen-bond donors (Lipinski definition) is 1. The number of benzene rings is 1. The van der Waals surface area contributed by atoms with Gasteiger partial charge in [-0.05, 0) is 12.3 Å². The van der Waals surface area contributed by atoms with E-state index < -0.39 is 39.1 Å². The van der Waals surface area contributed by atoms with Crippen molar-refractivity contribution >= 4 is 23.3 Å². The molecule has 10 nitrogen and oxygen atoms in total. The molecule has 10 heteroatoms. The van der Waals surface area contributed by atoms with Crippen molar-refractivity contribution in [3.63, 3.8) is 0 Å². The molecule has 1 atom stereocenters. The summed E-state index contributed by atoms with van der Waals surface area (Å²) in [7, 11) is 0. The number of rotatable bonds is 9. The minimum atomic E-state index is -0.974. The zero-order valence-electron chi connectivity index (χ0n) is 14.8. The fourth-order valence-electron chi connectivity index (χ4n) is 2.07. The van der Waals surface area contributed by atoms with Gasteiger partial charge in [0.25, 0.3) is 17.3 Å². The first kappa shape index (κ1) is 21.0. The summed E-state index contributed by atoms with van der Waals surface area (Å²) in [6, 6.07) is 1.62. The minimum absolute atomic E-state index is 0.219. The first-order chi connectivity index (χ1) is 12.2. The SMILES string of the molecule is CCCCOC(=O)C(NC(=O)c1cc([N+](=O)[O-])cc([N+](=O)[O-])c1)C(C)C. The van der Waals surface area contributed by atoms with Crippen molar-refractivity contribution in [3.8, 4) is 0 Å². The molecule has 0 aliphatic heterocycles. The molecule has 1 amide bonds. The van der Waals surface area contributed by atoms with Gasteiger partial charge in [0, 0.05) is 12.1 Å². The maximum atomic E-state index is 12.4. The summed E-state index contributed by atoms with van der Waals surface area (Å²) in [6.45, 7) is 5.55. The molecule has 1 aromatic rings. The van der Waals surface area contributed by atoms with Crippen LogP contribution in [0, 0.1) is 26.1 Å². The molecule has 0 radical (unpaired) electrons. The molecule has 1 rings (SSSR count). The van der Waals surface area contributed by atoms with Crippen LogP contribution in [0.5, 0.6) is 0 Å². The van der Waals surface area contributed by atoms with Crippen molar-refractivity contribution in [3.05, 3.63) is 44.0 Å². The lowest BCUT2D eigenvalue weighted by Gasteiger charge is -2.20. The first-order valence-electron chi connectivity index (χ1n) is 8.08. The van der Waals surface area contributed by atoms with Gasteiger partial charge in [-0.2, -0.15) is 0 Å². The summed E-state index contributed by atoms with van der Waals surface area (Å²) < 4.78 is 5.10. The Morgan fingerprint density at radius 1 is 1.12 bits per heavy atom. The highest BCUT2D eigenvalue weighted by Crippen LogP contribution is 2.23. The topological polar surface area (TPSA) is 142 Å². The number of nitrogens with one attached hydrogen (secondary N) is 1. The highest BCUT2D eigenvalue weighted by Gasteiger charge is 2.28. The second-order valence-corrected chi connectivity index (χ2v) is 5.97. The average molecular weight is 367 g/mol. The monoisotopic (exact) mass is 367 g/mol. The number of nitro groups is 2. The molecular weight excluding hydrogens is 346 g/mol. The number of hydrogen-bond acceptors (Lipinski definition) is 7. The molecule has 0 spiro atoms. The molecule has 0 aromatic heterocycles. The molecule has 1 N–H and O–H groups in total. The maximum Gasteiger partial charge on any atom is 0.328 e. The Morgan fingerprint density at radius 3 is 2.08 bits per heavy atom. The molecule has 0 heterocycles. The molecule has 0 fully saturated rings. The van der Waals surface area contributed by atoms with Gasteiger partial charge in [-0.15, -0.1) is 0 Å². The molecule has 0 aliphatic rings. The fourth-order valence-corrected chi connectivity index (χ4v) is 2.07. The lowest BCUT2D eigenvalue weighted by Crippen LogP contribution is -2.45. The first-order valence-corrected chi connectivity index (χ1v) is 8.08. The molecule has 26 heavy (non-hydrogen) atoms. The second-order valence-electron chi connectivity index (χ2n) is 5.97. The molecular formula is C16H21N3O7. The highest BCUT2D eigenvalue weighted by atomic mass is 16.6. The summed E-state index contributed by atoms with van der Waals surface area (Å²) in [6.07, 6.45) is 1.52. The smallest absolute Gasteiger partial charge is 0.328 e. The number of nitro benzene ring substituents is 2. The van der Waals surface area contributed by atoms with E-state index in [1.807, 2.05) is 6.92 Å². The number of carbonyl (C=O) groups excluding carboxylic acids is 2. The van der Waals surface area contributed by atoms with Crippen molar-refractivity contribution < 1.29 is 24.2 Å². The Kier molecular flexibility index (Phi) is 7.63. The predicted octanol–water partition coefficient (Wildman–Crippen LogP) is 2.60. The van der Waals surface area contributed by atoms with Crippen LogP contribution in [0.2, 0.25) is 0 Å². The summed E-state index contributed by atoms with van der Waals surface area (Å²) in [5.41, 5.74) is -1.45. The summed E-state index contributed by atoms with van der Waals surface area (Å²) in [5, 5.41) is 24.3. The van der Waals surface area contributed by atoms with Crippen molar-refractivity contribution in [2.45, 2.75) is 39.7 Å². The van der Waals surface area contributed by atoms with Gasteiger partial charge in [-0.3, -0.25) is 25.0 Å². The normalized spacial score (nSPS) is 11.7. The van der Waals surface area contributed by atoms with Crippen molar-refractivity contribution in [1.29, 1.82) is 0 Å². The van der Waals surface area contributed by atoms with Crippen LogP contribution in [0.25, 0.3) is 0 Å². The lowest BCUT2D eigenvalue weighted by atomic mass is 10.0. The van der Waals surface area contributed by atoms with Crippen LogP contribution in [-0.4, -0.2) is 34.4 Å². The Balaban J connectivity index is 3.04. The highest BCUT2D eigenvalue weighted by molar-refractivity contribution is 5.98. The largest absolute Gasteiger partial charge is 0.464 e. The van der Waals surface area contributed by atoms with Gasteiger partial charge >= 0.3 is 5.97 Å². The Morgan fingerprint density at radius 2 is 1.65 bits per heavy atom. The van der Waals surface area contributed by atoms with E-state index in [1.165, 1.54) is 0 Å². The van der Waals surface area contributed by atoms with Crippen molar-refractivity contribution in [2.24, 2.45) is 5.92 Å². The van der Waals surface area contributed by atoms with E-state index in [4.69, 9.17) is 4.74 Å². The van der Waals surface area contributed by atoms with Gasteiger partial charge in [-0.25, -0.2) is 4.79 Å². The Bertz CT molecular complexity index is 671. The van der Waals surface area contributed by atoms with Crippen LogP contribution in [0.4, 0.5) is 11.4 Å². The summed E-state index contributed by atoms with van der Waals surface area (Å²) in [5.74, 6) is -1.76. The predicted molar refractivity (Wildman–Crippen MR) is 91.7 cm³/mol. The number of nitrogens with zero attached hydrogens (tertiary/aromatic N) is 2. The lowest BCUT2D eigenvalue weighted by molar-refractivity contribution is -0.394. The molecule has 0 saturated heterocycles. The molecule has 1 aromatic carbocycles. The number of carbonyl (C=O) groups is 2. The van der Waals surface area contributed by atoms with Crippen LogP contribution < -0.4 is 5.32 Å². The van der Waals surface area contributed by atoms with Gasteiger partial charge in [0.1, 0.15) is 6.04 Å². The third-order valence-electron chi connectivity index (χ3n) is 3.54. The van der Waals surface area contributed by atoms with Gasteiger partial charge in [0.05, 0.1) is 28.1 Å². The fraction of sp³-hybridized carbons (Fsp3) is 0.500. The quantitative estimate of drug-likeness (QED) is 0.306. The standard InChI is InChI=1S/C16H21N3O7/c1-4-5-6-26-16(21)14(10(2)3)17-15(20)11-7-12(18(22)23)9-13(8-11)19(24)25/h7-10,14H,4-6H2,1-3H3,(H,17,20). The van der Waals surface area contributed by atoms with E-state index >= 15 is 0 Å². The summed E-state index contributed by atoms with van der Waals surface area (Å²) in [4.78, 5) is 44.7. The molecule has 142 valence electrons. The van der Waals surface area contributed by atoms with Crippen LogP contribution >= 0.6 is 0 Å². The third-order valence-corrected chi connectivity index (χ3v) is 3.54. The number of esters is 1. The van der Waals surface area contributed by atoms with E-state index in [0.717, 1.165) is 24.6 Å². The van der Waals surface area contributed by atoms with Crippen LogP contribution in [0.15, 0.2) is 18.2 Å². The van der Waals surface area contributed by atoms with E-state index in [9.17, 15) is 29.8 Å². The van der Waals surface area contributed by atoms with Crippen LogP contribution in [0.1, 0.15) is 44.0 Å². The number of ether oxygens (including phenoxy) is 1. The van der Waals surface area contributed by atoms with Gasteiger partial charge < -0.3 is 10.1 Å². The molecule has 0 aliphatic carbocycles. The number of amides is 1. The minimum Gasteiger partial charge on any atom is -0.464 e. The zero-order chi connectivity index (χ0) is 19.9. The van der Waals surface area contributed by atoms with Crippen LogP contribution in [0.3, 0.4) is 0 Å². The van der Waals surface area contributed by atoms with E-state index in [1.54, 1.807) is 13.8 Å². The Hall–Kier alpha value is -3.04. The van der Waals surface area contributed by atoms with E-state index in [2.05, 4.69) is 5.32 Å². The van der Waals surface area contributed by atoms with Crippen molar-refractivity contribution in [1.82, 2.24) is 5.32 Å². The second kappa shape index (κ2) is 9.44. The van der Waals surface area contributed by atoms with E-state index in [0.29, 0.717) is 6.42 Å². The van der Waals surface area contributed by atoms with Crippen molar-refractivity contribution in [2.75, 3.05) is 6.61 Å². The Labute approximate surface area is 149 Å². The average Bonchev–Trinajstić information content (AvgIpc) is 2.58. The van der Waals surface area contributed by atoms with Gasteiger partial charge in [0.2, 0.25) is 0 Å². The molecule has 1 unspecified atom stereocenters. The molecule has 0 saturated carbocycles. The zero-order valence-corrected chi connectivity index (χ0v) is 14.8. The van der Waals surface area contributed by atoms with Crippen LogP contribution in [-0.2, 0) is 9.53 Å². The third kappa shape index (κ3) is 5.80. The van der Waals surface area contributed by atoms with E-state index in [-0.39, 0.29) is 18.1 Å². The maximum absolute atomic E-state index is 12.4. The summed E-state index contributed by atoms with van der Waals surface area (Å²) >= 11 is 0. The molecule has 0 bridgehead atoms. The number of unbranched alkanes of at least 4 members (excludes halogenated alkanes) is 1. The van der Waals surface area contributed by atoms with Gasteiger partial charge in [0.15, 0.2) is 0 Å². The van der Waals surface area contributed by atoms with Gasteiger partial charge in [-0.1, -0.05) is 27.2 Å².